The van der Waals surface area contributed by atoms with Gasteiger partial charge in [-0.05, 0) is 25.5 Å². The van der Waals surface area contributed by atoms with Crippen molar-refractivity contribution in [3.8, 4) is 5.75 Å². The predicted octanol–water partition coefficient (Wildman–Crippen LogP) is 2.57. The molecule has 0 amide bonds. The smallest absolute Gasteiger partial charge is 0.182 e. The third-order valence-electron chi connectivity index (χ3n) is 3.41. The number of sulfone groups is 1. The summed E-state index contributed by atoms with van der Waals surface area (Å²) in [5.74, 6) is 0.177. The number of carbonyl (C=O) groups excluding carboxylic acids is 1. The number of Topliss-reactive ketones (excluding diaryl/α,β-unsaturated/α-hetero) is 1. The fourth-order valence-corrected chi connectivity index (χ4v) is 2.61. The van der Waals surface area contributed by atoms with Gasteiger partial charge in [0.05, 0.1) is 12.0 Å². The average Bonchev–Trinajstić information content (AvgIpc) is 2.87. The van der Waals surface area contributed by atoms with Crippen molar-refractivity contribution in [3.63, 3.8) is 0 Å². The minimum Gasteiger partial charge on any atom is -0.493 e. The van der Waals surface area contributed by atoms with Crippen LogP contribution < -0.4 is 4.74 Å². The Morgan fingerprint density at radius 2 is 2.10 bits per heavy atom. The quantitative estimate of drug-likeness (QED) is 0.832. The number of hydrogen-bond donors (Lipinski definition) is 1. The largest absolute Gasteiger partial charge is 0.493 e. The van der Waals surface area contributed by atoms with E-state index in [0.717, 1.165) is 18.2 Å². The molecule has 0 fully saturated rings. The Kier molecular flexibility index (Phi) is 4.37. The zero-order chi connectivity index (χ0) is 15.6. The highest BCUT2D eigenvalue weighted by molar-refractivity contribution is 7.92. The zero-order valence-electron chi connectivity index (χ0n) is 12.3. The lowest BCUT2D eigenvalue weighted by Gasteiger charge is -2.10. The first-order valence-corrected chi connectivity index (χ1v) is 8.77. The second kappa shape index (κ2) is 5.89. The Labute approximate surface area is 124 Å². The first-order valence-electron chi connectivity index (χ1n) is 6.82. The van der Waals surface area contributed by atoms with Crippen LogP contribution in [0, 0.1) is 0 Å². The van der Waals surface area contributed by atoms with Crippen LogP contribution in [0.2, 0.25) is 0 Å². The summed E-state index contributed by atoms with van der Waals surface area (Å²) in [6.07, 6.45) is 3.47. The van der Waals surface area contributed by atoms with Crippen LogP contribution >= 0.6 is 0 Å². The zero-order valence-corrected chi connectivity index (χ0v) is 13.2. The molecule has 1 atom stereocenters. The lowest BCUT2D eigenvalue weighted by molar-refractivity contribution is 0.0993. The highest BCUT2D eigenvalue weighted by Crippen LogP contribution is 2.30. The number of benzene rings is 1. The Hall–Kier alpha value is -1.82. The second-order valence-corrected chi connectivity index (χ2v) is 7.43. The molecule has 0 aliphatic heterocycles. The molecular formula is C15H19NO4S. The number of hydrogen-bond acceptors (Lipinski definition) is 4. The molecule has 1 heterocycles. The molecule has 0 bridgehead atoms. The number of ketones is 1. The van der Waals surface area contributed by atoms with E-state index in [-0.39, 0.29) is 0 Å². The van der Waals surface area contributed by atoms with Crippen molar-refractivity contribution >= 4 is 26.5 Å². The minimum absolute atomic E-state index is 0.356. The molecule has 114 valence electrons. The number of rotatable bonds is 6. The molecule has 2 rings (SSSR count). The molecule has 0 spiro atoms. The topological polar surface area (TPSA) is 76.2 Å². The first-order chi connectivity index (χ1) is 9.86. The van der Waals surface area contributed by atoms with Gasteiger partial charge in [-0.25, -0.2) is 8.42 Å². The SMILES string of the molecule is CCCOc1cccc2[nH]cc(C(=O)C(C)S(C)(=O)=O)c12. The average molecular weight is 309 g/mol. The van der Waals surface area contributed by atoms with E-state index < -0.39 is 20.9 Å². The van der Waals surface area contributed by atoms with Crippen molar-refractivity contribution in [1.82, 2.24) is 4.98 Å². The predicted molar refractivity (Wildman–Crippen MR) is 82.7 cm³/mol. The van der Waals surface area contributed by atoms with E-state index in [1.807, 2.05) is 19.1 Å². The van der Waals surface area contributed by atoms with Crippen molar-refractivity contribution in [2.75, 3.05) is 12.9 Å². The van der Waals surface area contributed by atoms with Crippen molar-refractivity contribution in [2.24, 2.45) is 0 Å². The summed E-state index contributed by atoms with van der Waals surface area (Å²) in [6, 6.07) is 5.45. The molecule has 1 aromatic carbocycles. The van der Waals surface area contributed by atoms with Gasteiger partial charge >= 0.3 is 0 Å². The molecule has 0 saturated carbocycles. The van der Waals surface area contributed by atoms with Gasteiger partial charge in [0.1, 0.15) is 11.0 Å². The summed E-state index contributed by atoms with van der Waals surface area (Å²) in [6.45, 7) is 3.95. The summed E-state index contributed by atoms with van der Waals surface area (Å²) in [4.78, 5) is 15.4. The van der Waals surface area contributed by atoms with Gasteiger partial charge in [0.25, 0.3) is 0 Å². The third kappa shape index (κ3) is 3.10. The fraction of sp³-hybridized carbons (Fsp3) is 0.400. The highest BCUT2D eigenvalue weighted by atomic mass is 32.2. The van der Waals surface area contributed by atoms with Crippen LogP contribution in [0.25, 0.3) is 10.9 Å². The van der Waals surface area contributed by atoms with Crippen LogP contribution in [-0.4, -0.2) is 37.3 Å². The van der Waals surface area contributed by atoms with Gasteiger partial charge in [0.2, 0.25) is 0 Å². The Morgan fingerprint density at radius 1 is 1.38 bits per heavy atom. The van der Waals surface area contributed by atoms with E-state index in [1.54, 1.807) is 12.3 Å². The van der Waals surface area contributed by atoms with E-state index in [1.165, 1.54) is 6.92 Å². The number of ether oxygens (including phenoxy) is 1. The summed E-state index contributed by atoms with van der Waals surface area (Å²) < 4.78 is 28.9. The van der Waals surface area contributed by atoms with E-state index in [0.29, 0.717) is 23.3 Å². The molecule has 6 heteroatoms. The molecule has 0 saturated heterocycles. The number of aromatic nitrogens is 1. The monoisotopic (exact) mass is 309 g/mol. The Morgan fingerprint density at radius 3 is 2.71 bits per heavy atom. The van der Waals surface area contributed by atoms with Crippen molar-refractivity contribution in [1.29, 1.82) is 0 Å². The first kappa shape index (κ1) is 15.6. The lowest BCUT2D eigenvalue weighted by atomic mass is 10.1. The number of aromatic amines is 1. The van der Waals surface area contributed by atoms with Crippen LogP contribution in [0.4, 0.5) is 0 Å². The van der Waals surface area contributed by atoms with Crippen LogP contribution in [0.5, 0.6) is 5.75 Å². The van der Waals surface area contributed by atoms with Crippen LogP contribution in [-0.2, 0) is 9.84 Å². The van der Waals surface area contributed by atoms with Gasteiger partial charge in [-0.3, -0.25) is 4.79 Å². The Balaban J connectivity index is 2.52. The molecule has 1 unspecified atom stereocenters. The summed E-state index contributed by atoms with van der Waals surface area (Å²) >= 11 is 0. The van der Waals surface area contributed by atoms with Gasteiger partial charge in [-0.15, -0.1) is 0 Å². The summed E-state index contributed by atoms with van der Waals surface area (Å²) in [7, 11) is -3.43. The maximum atomic E-state index is 12.4. The van der Waals surface area contributed by atoms with Crippen LogP contribution in [0.1, 0.15) is 30.6 Å². The van der Waals surface area contributed by atoms with Crippen LogP contribution in [0.15, 0.2) is 24.4 Å². The van der Waals surface area contributed by atoms with Crippen molar-refractivity contribution in [2.45, 2.75) is 25.5 Å². The molecule has 1 aromatic heterocycles. The Bertz CT molecular complexity index is 761. The third-order valence-corrected chi connectivity index (χ3v) is 4.90. The van der Waals surface area contributed by atoms with E-state index in [4.69, 9.17) is 4.74 Å². The highest BCUT2D eigenvalue weighted by Gasteiger charge is 2.27. The molecular weight excluding hydrogens is 290 g/mol. The molecule has 0 radical (unpaired) electrons. The molecule has 5 nitrogen and oxygen atoms in total. The molecule has 2 aromatic rings. The number of fused-ring (bicyclic) bond motifs is 1. The summed E-state index contributed by atoms with van der Waals surface area (Å²) in [5.41, 5.74) is 1.11. The minimum atomic E-state index is -3.43. The molecule has 0 aliphatic rings. The second-order valence-electron chi connectivity index (χ2n) is 5.07. The number of nitrogens with one attached hydrogen (secondary N) is 1. The van der Waals surface area contributed by atoms with Crippen molar-refractivity contribution < 1.29 is 17.9 Å². The fourth-order valence-electron chi connectivity index (χ4n) is 2.09. The molecule has 21 heavy (non-hydrogen) atoms. The van der Waals surface area contributed by atoms with E-state index in [2.05, 4.69) is 4.98 Å². The molecule has 0 aliphatic carbocycles. The summed E-state index contributed by atoms with van der Waals surface area (Å²) in [5, 5.41) is -0.429. The number of H-pyrrole nitrogens is 1. The van der Waals surface area contributed by atoms with Crippen LogP contribution in [0.3, 0.4) is 0 Å². The lowest BCUT2D eigenvalue weighted by Crippen LogP contribution is -2.26. The van der Waals surface area contributed by atoms with E-state index >= 15 is 0 Å². The number of carbonyl (C=O) groups is 1. The maximum Gasteiger partial charge on any atom is 0.182 e. The van der Waals surface area contributed by atoms with Gasteiger partial charge in [0.15, 0.2) is 15.6 Å². The molecule has 1 N–H and O–H groups in total. The van der Waals surface area contributed by atoms with Gasteiger partial charge in [0, 0.05) is 23.5 Å². The maximum absolute atomic E-state index is 12.4. The van der Waals surface area contributed by atoms with E-state index in [9.17, 15) is 13.2 Å². The van der Waals surface area contributed by atoms with Gasteiger partial charge in [-0.1, -0.05) is 13.0 Å². The van der Waals surface area contributed by atoms with Gasteiger partial charge < -0.3 is 9.72 Å². The standard InChI is InChI=1S/C15H19NO4S/c1-4-8-20-13-7-5-6-12-14(13)11(9-16-12)15(17)10(2)21(3,18)19/h5-7,9-10,16H,4,8H2,1-3H3. The van der Waals surface area contributed by atoms with Gasteiger partial charge in [-0.2, -0.15) is 0 Å². The van der Waals surface area contributed by atoms with Crippen molar-refractivity contribution in [3.05, 3.63) is 30.0 Å². The normalized spacial score (nSPS) is 13.3.